The molecule has 134 valence electrons. The van der Waals surface area contributed by atoms with E-state index in [9.17, 15) is 15.3 Å². The van der Waals surface area contributed by atoms with E-state index in [-0.39, 0.29) is 22.5 Å². The Kier molecular flexibility index (Phi) is 5.20. The minimum Gasteiger partial charge on any atom is -0.494 e. The highest BCUT2D eigenvalue weighted by molar-refractivity contribution is 5.80. The number of aromatic nitrogens is 3. The van der Waals surface area contributed by atoms with Gasteiger partial charge in [0.25, 0.3) is 5.56 Å². The Morgan fingerprint density at radius 3 is 2.78 bits per heavy atom. The number of nitriles is 2. The van der Waals surface area contributed by atoms with Gasteiger partial charge < -0.3 is 20.0 Å². The second-order valence-electron chi connectivity index (χ2n) is 5.75. The van der Waals surface area contributed by atoms with Gasteiger partial charge in [-0.1, -0.05) is 12.1 Å². The molecular weight excluding hydrogens is 344 g/mol. The molecule has 0 saturated heterocycles. The fourth-order valence-corrected chi connectivity index (χ4v) is 2.73. The monoisotopic (exact) mass is 360 g/mol. The average Bonchev–Trinajstić information content (AvgIpc) is 3.18. The van der Waals surface area contributed by atoms with Crippen LogP contribution in [-0.4, -0.2) is 21.1 Å². The highest BCUT2D eigenvalue weighted by Gasteiger charge is 2.18. The lowest BCUT2D eigenvalue weighted by molar-refractivity contribution is 0.302. The van der Waals surface area contributed by atoms with Crippen LogP contribution in [0.15, 0.2) is 47.8 Å². The van der Waals surface area contributed by atoms with E-state index < -0.39 is 5.56 Å². The lowest BCUT2D eigenvalue weighted by Crippen LogP contribution is -2.16. The Hall–Kier alpha value is -4.04. The first-order chi connectivity index (χ1) is 13.1. The van der Waals surface area contributed by atoms with Gasteiger partial charge in [0.15, 0.2) is 0 Å². The number of hydrogen-bond acceptors (Lipinski definition) is 6. The molecule has 1 aromatic carbocycles. The summed E-state index contributed by atoms with van der Waals surface area (Å²) in [5.41, 5.74) is 5.76. The van der Waals surface area contributed by atoms with Crippen LogP contribution in [0.5, 0.6) is 5.75 Å². The van der Waals surface area contributed by atoms with Crippen molar-refractivity contribution in [1.82, 2.24) is 14.5 Å². The summed E-state index contributed by atoms with van der Waals surface area (Å²) in [5, 5.41) is 18.8. The van der Waals surface area contributed by atoms with Crippen LogP contribution in [0.25, 0.3) is 11.1 Å². The van der Waals surface area contributed by atoms with E-state index in [0.717, 1.165) is 13.0 Å². The quantitative estimate of drug-likeness (QED) is 0.646. The third kappa shape index (κ3) is 3.80. The molecule has 0 bridgehead atoms. The van der Waals surface area contributed by atoms with Crippen molar-refractivity contribution in [3.8, 4) is 29.0 Å². The van der Waals surface area contributed by atoms with Crippen LogP contribution in [0.1, 0.15) is 17.5 Å². The van der Waals surface area contributed by atoms with E-state index in [4.69, 9.17) is 10.5 Å². The SMILES string of the molecule is N#Cc1c(N)[nH]c(=O)c(C#N)c1-c1cccc(OCCCn2ccnc2)c1. The van der Waals surface area contributed by atoms with Crippen LogP contribution in [0.2, 0.25) is 0 Å². The van der Waals surface area contributed by atoms with Gasteiger partial charge >= 0.3 is 0 Å². The molecule has 8 heteroatoms. The molecule has 0 amide bonds. The van der Waals surface area contributed by atoms with E-state index >= 15 is 0 Å². The van der Waals surface area contributed by atoms with Gasteiger partial charge in [-0.25, -0.2) is 4.98 Å². The number of pyridine rings is 1. The molecular formula is C19H16N6O2. The Labute approximate surface area is 155 Å². The minimum absolute atomic E-state index is 0.0587. The number of nitrogens with two attached hydrogens (primary N) is 1. The van der Waals surface area contributed by atoms with Crippen LogP contribution < -0.4 is 16.0 Å². The van der Waals surface area contributed by atoms with E-state index in [0.29, 0.717) is 17.9 Å². The topological polar surface area (TPSA) is 134 Å². The summed E-state index contributed by atoms with van der Waals surface area (Å²) in [7, 11) is 0. The summed E-state index contributed by atoms with van der Waals surface area (Å²) in [4.78, 5) is 18.3. The van der Waals surface area contributed by atoms with Gasteiger partial charge in [0.05, 0.1) is 12.9 Å². The molecule has 0 atom stereocenters. The molecule has 0 fully saturated rings. The molecule has 0 aliphatic rings. The molecule has 8 nitrogen and oxygen atoms in total. The maximum absolute atomic E-state index is 12.0. The maximum Gasteiger partial charge on any atom is 0.268 e. The third-order valence-corrected chi connectivity index (χ3v) is 3.98. The van der Waals surface area contributed by atoms with Crippen molar-refractivity contribution < 1.29 is 4.74 Å². The molecule has 0 aliphatic heterocycles. The van der Waals surface area contributed by atoms with Gasteiger partial charge in [-0.15, -0.1) is 0 Å². The van der Waals surface area contributed by atoms with Crippen LogP contribution >= 0.6 is 0 Å². The van der Waals surface area contributed by atoms with Gasteiger partial charge in [0.2, 0.25) is 0 Å². The largest absolute Gasteiger partial charge is 0.494 e. The van der Waals surface area contributed by atoms with Gasteiger partial charge in [-0.3, -0.25) is 4.79 Å². The van der Waals surface area contributed by atoms with Crippen LogP contribution in [0.3, 0.4) is 0 Å². The van der Waals surface area contributed by atoms with E-state index in [2.05, 4.69) is 9.97 Å². The second-order valence-corrected chi connectivity index (χ2v) is 5.75. The fourth-order valence-electron chi connectivity index (χ4n) is 2.73. The number of aromatic amines is 1. The summed E-state index contributed by atoms with van der Waals surface area (Å²) >= 11 is 0. The standard InChI is InChI=1S/C19H16N6O2/c20-10-15-17(16(11-21)19(26)24-18(15)22)13-3-1-4-14(9-13)27-8-2-6-25-7-5-23-12-25/h1,3-5,7,9,12H,2,6,8H2,(H3,22,24,26). The van der Waals surface area contributed by atoms with Crippen molar-refractivity contribution in [2.75, 3.05) is 12.3 Å². The Bertz CT molecular complexity index is 1090. The van der Waals surface area contributed by atoms with Crippen molar-refractivity contribution in [3.05, 3.63) is 64.5 Å². The first-order valence-corrected chi connectivity index (χ1v) is 8.19. The number of nitrogen functional groups attached to an aromatic ring is 1. The molecule has 0 spiro atoms. The normalized spacial score (nSPS) is 10.1. The predicted octanol–water partition coefficient (Wildman–Crippen LogP) is 2.03. The first-order valence-electron chi connectivity index (χ1n) is 8.19. The van der Waals surface area contributed by atoms with Crippen LogP contribution in [0.4, 0.5) is 5.82 Å². The molecule has 0 saturated carbocycles. The summed E-state index contributed by atoms with van der Waals surface area (Å²) in [6, 6.07) is 10.7. The van der Waals surface area contributed by atoms with E-state index in [1.807, 2.05) is 22.9 Å². The number of ether oxygens (including phenoxy) is 1. The van der Waals surface area contributed by atoms with Crippen molar-refractivity contribution in [3.63, 3.8) is 0 Å². The Morgan fingerprint density at radius 2 is 2.07 bits per heavy atom. The van der Waals surface area contributed by atoms with Crippen LogP contribution in [0, 0.1) is 22.7 Å². The average molecular weight is 360 g/mol. The lowest BCUT2D eigenvalue weighted by Gasteiger charge is -2.11. The number of rotatable bonds is 6. The number of nitrogens with one attached hydrogen (secondary N) is 1. The molecule has 0 radical (unpaired) electrons. The molecule has 0 aliphatic carbocycles. The molecule has 3 N–H and O–H groups in total. The Morgan fingerprint density at radius 1 is 1.26 bits per heavy atom. The van der Waals surface area contributed by atoms with Crippen molar-refractivity contribution in [2.24, 2.45) is 0 Å². The zero-order valence-corrected chi connectivity index (χ0v) is 14.3. The third-order valence-electron chi connectivity index (χ3n) is 3.98. The van der Waals surface area contributed by atoms with E-state index in [1.54, 1.807) is 36.8 Å². The molecule has 0 unspecified atom stereocenters. The minimum atomic E-state index is -0.629. The van der Waals surface area contributed by atoms with Gasteiger partial charge in [0.1, 0.15) is 34.8 Å². The lowest BCUT2D eigenvalue weighted by atomic mass is 9.96. The number of nitrogens with zero attached hydrogens (tertiary/aromatic N) is 4. The van der Waals surface area contributed by atoms with Gasteiger partial charge in [0, 0.05) is 24.5 Å². The summed E-state index contributed by atoms with van der Waals surface area (Å²) in [6.45, 7) is 1.26. The summed E-state index contributed by atoms with van der Waals surface area (Å²) in [5.74, 6) is 0.507. The highest BCUT2D eigenvalue weighted by atomic mass is 16.5. The number of aryl methyl sites for hydroxylation is 1. The first kappa shape index (κ1) is 17.8. The number of hydrogen-bond donors (Lipinski definition) is 2. The molecule has 2 aromatic heterocycles. The van der Waals surface area contributed by atoms with Crippen LogP contribution in [-0.2, 0) is 6.54 Å². The molecule has 3 aromatic rings. The van der Waals surface area contributed by atoms with E-state index in [1.165, 1.54) is 0 Å². The number of H-pyrrole nitrogens is 1. The van der Waals surface area contributed by atoms with Gasteiger partial charge in [-0.2, -0.15) is 10.5 Å². The highest BCUT2D eigenvalue weighted by Crippen LogP contribution is 2.30. The zero-order valence-electron chi connectivity index (χ0n) is 14.3. The molecule has 27 heavy (non-hydrogen) atoms. The smallest absolute Gasteiger partial charge is 0.268 e. The summed E-state index contributed by atoms with van der Waals surface area (Å²) < 4.78 is 7.71. The number of benzene rings is 1. The number of imidazole rings is 1. The molecule has 2 heterocycles. The van der Waals surface area contributed by atoms with Crippen molar-refractivity contribution in [1.29, 1.82) is 10.5 Å². The molecule has 3 rings (SSSR count). The summed E-state index contributed by atoms with van der Waals surface area (Å²) in [6.07, 6.45) is 6.12. The fraction of sp³-hybridized carbons (Fsp3) is 0.158. The maximum atomic E-state index is 12.0. The van der Waals surface area contributed by atoms with Crippen molar-refractivity contribution >= 4 is 5.82 Å². The predicted molar refractivity (Wildman–Crippen MR) is 98.7 cm³/mol. The van der Waals surface area contributed by atoms with Crippen molar-refractivity contribution in [2.45, 2.75) is 13.0 Å². The Balaban J connectivity index is 1.85. The number of anilines is 1. The van der Waals surface area contributed by atoms with Gasteiger partial charge in [-0.05, 0) is 24.1 Å². The second kappa shape index (κ2) is 7.89. The zero-order chi connectivity index (χ0) is 19.2.